The minimum Gasteiger partial charge on any atom is -0.477 e. The third-order valence-corrected chi connectivity index (χ3v) is 3.31. The highest BCUT2D eigenvalue weighted by atomic mass is 32.2. The van der Waals surface area contributed by atoms with Crippen molar-refractivity contribution in [3.8, 4) is 6.07 Å². The van der Waals surface area contributed by atoms with Crippen LogP contribution in [0.1, 0.15) is 5.56 Å². The van der Waals surface area contributed by atoms with Crippen LogP contribution in [0.2, 0.25) is 0 Å². The molecule has 0 fully saturated rings. The molecule has 0 aromatic heterocycles. The van der Waals surface area contributed by atoms with Gasteiger partial charge in [0.25, 0.3) is 0 Å². The van der Waals surface area contributed by atoms with E-state index in [9.17, 15) is 4.79 Å². The van der Waals surface area contributed by atoms with Crippen molar-refractivity contribution < 1.29 is 9.90 Å². The van der Waals surface area contributed by atoms with Crippen molar-refractivity contribution in [1.29, 1.82) is 5.26 Å². The Labute approximate surface area is 91.0 Å². The van der Waals surface area contributed by atoms with E-state index in [0.717, 1.165) is 10.5 Å². The van der Waals surface area contributed by atoms with Crippen LogP contribution in [0.25, 0.3) is 5.57 Å². The molecule has 0 aliphatic carbocycles. The first-order valence-electron chi connectivity index (χ1n) is 4.33. The molecule has 0 atom stereocenters. The van der Waals surface area contributed by atoms with E-state index in [0.29, 0.717) is 11.3 Å². The van der Waals surface area contributed by atoms with E-state index in [2.05, 4.69) is 0 Å². The Balaban J connectivity index is 2.61. The maximum absolute atomic E-state index is 10.8. The number of fused-ring (bicyclic) bond motifs is 1. The number of benzene rings is 1. The monoisotopic (exact) mass is 217 g/mol. The van der Waals surface area contributed by atoms with E-state index in [1.807, 2.05) is 24.3 Å². The zero-order valence-corrected chi connectivity index (χ0v) is 8.54. The number of carboxylic acid groups (broad SMARTS) is 1. The van der Waals surface area contributed by atoms with Gasteiger partial charge in [-0.2, -0.15) is 5.26 Å². The average molecular weight is 217 g/mol. The molecular weight excluding hydrogens is 210 g/mol. The quantitative estimate of drug-likeness (QED) is 0.578. The van der Waals surface area contributed by atoms with Crippen molar-refractivity contribution >= 4 is 23.3 Å². The van der Waals surface area contributed by atoms with Gasteiger partial charge < -0.3 is 5.11 Å². The van der Waals surface area contributed by atoms with Crippen LogP contribution in [0.15, 0.2) is 34.7 Å². The van der Waals surface area contributed by atoms with Crippen LogP contribution < -0.4 is 0 Å². The molecule has 1 N–H and O–H groups in total. The Morgan fingerprint density at radius 3 is 2.87 bits per heavy atom. The van der Waals surface area contributed by atoms with Crippen molar-refractivity contribution in [3.05, 3.63) is 35.4 Å². The second-order valence-corrected chi connectivity index (χ2v) is 4.07. The molecule has 15 heavy (non-hydrogen) atoms. The van der Waals surface area contributed by atoms with E-state index in [4.69, 9.17) is 10.4 Å². The average Bonchev–Trinajstić information content (AvgIpc) is 2.63. The molecule has 3 nitrogen and oxygen atoms in total. The van der Waals surface area contributed by atoms with Gasteiger partial charge in [0.15, 0.2) is 0 Å². The van der Waals surface area contributed by atoms with E-state index in [1.54, 1.807) is 17.8 Å². The van der Waals surface area contributed by atoms with Crippen molar-refractivity contribution in [2.75, 3.05) is 5.75 Å². The van der Waals surface area contributed by atoms with Gasteiger partial charge in [-0.3, -0.25) is 0 Å². The number of rotatable bonds is 1. The highest BCUT2D eigenvalue weighted by molar-refractivity contribution is 8.00. The lowest BCUT2D eigenvalue weighted by Gasteiger charge is -1.99. The fourth-order valence-electron chi connectivity index (χ4n) is 1.52. The molecule has 0 saturated carbocycles. The van der Waals surface area contributed by atoms with Gasteiger partial charge in [-0.15, -0.1) is 11.8 Å². The number of nitrogens with zero attached hydrogens (tertiary/aromatic N) is 1. The summed E-state index contributed by atoms with van der Waals surface area (Å²) in [7, 11) is 0. The molecule has 2 rings (SSSR count). The lowest BCUT2D eigenvalue weighted by Crippen LogP contribution is -2.02. The summed E-state index contributed by atoms with van der Waals surface area (Å²) < 4.78 is 0. The molecule has 0 amide bonds. The second kappa shape index (κ2) is 3.79. The summed E-state index contributed by atoms with van der Waals surface area (Å²) in [4.78, 5) is 11.9. The summed E-state index contributed by atoms with van der Waals surface area (Å²) in [6, 6.07) is 9.29. The fourth-order valence-corrected chi connectivity index (χ4v) is 2.64. The normalized spacial score (nSPS) is 16.7. The first kappa shape index (κ1) is 9.81. The maximum Gasteiger partial charge on any atom is 0.346 e. The number of hydrogen-bond donors (Lipinski definition) is 1. The van der Waals surface area contributed by atoms with Gasteiger partial charge in [0.05, 0.1) is 0 Å². The van der Waals surface area contributed by atoms with Crippen LogP contribution >= 0.6 is 11.8 Å². The predicted molar refractivity (Wildman–Crippen MR) is 57.3 cm³/mol. The third-order valence-electron chi connectivity index (χ3n) is 2.21. The smallest absolute Gasteiger partial charge is 0.346 e. The van der Waals surface area contributed by atoms with E-state index in [1.165, 1.54) is 0 Å². The highest BCUT2D eigenvalue weighted by Gasteiger charge is 2.23. The molecule has 0 saturated heterocycles. The Kier molecular flexibility index (Phi) is 2.48. The highest BCUT2D eigenvalue weighted by Crippen LogP contribution is 2.40. The molecule has 1 aliphatic heterocycles. The Hall–Kier alpha value is -1.73. The van der Waals surface area contributed by atoms with E-state index in [-0.39, 0.29) is 5.57 Å². The van der Waals surface area contributed by atoms with Crippen LogP contribution in [0.5, 0.6) is 0 Å². The van der Waals surface area contributed by atoms with Crippen LogP contribution in [0.4, 0.5) is 0 Å². The summed E-state index contributed by atoms with van der Waals surface area (Å²) >= 11 is 1.56. The first-order valence-corrected chi connectivity index (χ1v) is 5.31. The largest absolute Gasteiger partial charge is 0.477 e. The van der Waals surface area contributed by atoms with Crippen LogP contribution in [-0.2, 0) is 4.79 Å². The molecule has 0 radical (unpaired) electrons. The Morgan fingerprint density at radius 2 is 2.20 bits per heavy atom. The van der Waals surface area contributed by atoms with Gasteiger partial charge in [-0.1, -0.05) is 18.2 Å². The van der Waals surface area contributed by atoms with Crippen molar-refractivity contribution in [2.45, 2.75) is 4.90 Å². The molecule has 0 unspecified atom stereocenters. The number of carboxylic acids is 1. The zero-order chi connectivity index (χ0) is 10.8. The zero-order valence-electron chi connectivity index (χ0n) is 7.73. The van der Waals surface area contributed by atoms with Gasteiger partial charge in [-0.05, 0) is 17.2 Å². The minimum absolute atomic E-state index is 0.146. The molecular formula is C11H7NO2S. The fraction of sp³-hybridized carbons (Fsp3) is 0.0909. The van der Waals surface area contributed by atoms with Crippen LogP contribution in [0.3, 0.4) is 0 Å². The van der Waals surface area contributed by atoms with Gasteiger partial charge in [-0.25, -0.2) is 4.79 Å². The second-order valence-electron chi connectivity index (χ2n) is 3.06. The lowest BCUT2D eigenvalue weighted by molar-refractivity contribution is -0.132. The standard InChI is InChI=1S/C11H7NO2S/c12-5-8(11(13)14)9-6-15-10-4-2-1-3-7(9)10/h1-4H,6H2,(H,13,14)/b9-8-. The molecule has 0 bridgehead atoms. The van der Waals surface area contributed by atoms with Crippen LogP contribution in [0, 0.1) is 11.3 Å². The van der Waals surface area contributed by atoms with E-state index < -0.39 is 5.97 Å². The van der Waals surface area contributed by atoms with Crippen LogP contribution in [-0.4, -0.2) is 16.8 Å². The molecule has 1 aromatic carbocycles. The lowest BCUT2D eigenvalue weighted by atomic mass is 10.0. The van der Waals surface area contributed by atoms with Crippen molar-refractivity contribution in [2.24, 2.45) is 0 Å². The number of thioether (sulfide) groups is 1. The van der Waals surface area contributed by atoms with Gasteiger partial charge in [0.2, 0.25) is 0 Å². The first-order chi connectivity index (χ1) is 7.24. The molecule has 0 spiro atoms. The molecule has 4 heteroatoms. The molecule has 1 aromatic rings. The number of aliphatic carboxylic acids is 1. The maximum atomic E-state index is 10.8. The summed E-state index contributed by atoms with van der Waals surface area (Å²) in [5, 5.41) is 17.7. The SMILES string of the molecule is N#C/C(C(=O)O)=C1\CSc2ccccc21. The minimum atomic E-state index is -1.15. The van der Waals surface area contributed by atoms with Gasteiger partial charge in [0, 0.05) is 10.6 Å². The number of hydrogen-bond acceptors (Lipinski definition) is 3. The summed E-state index contributed by atoms with van der Waals surface area (Å²) in [6.07, 6.45) is 0. The number of carbonyl (C=O) groups is 1. The topological polar surface area (TPSA) is 61.1 Å². The summed E-state index contributed by atoms with van der Waals surface area (Å²) in [6.45, 7) is 0. The van der Waals surface area contributed by atoms with Crippen molar-refractivity contribution in [1.82, 2.24) is 0 Å². The molecule has 74 valence electrons. The third kappa shape index (κ3) is 1.62. The Bertz CT molecular complexity index is 500. The van der Waals surface area contributed by atoms with Gasteiger partial charge >= 0.3 is 5.97 Å². The van der Waals surface area contributed by atoms with E-state index >= 15 is 0 Å². The number of nitriles is 1. The Morgan fingerprint density at radius 1 is 1.47 bits per heavy atom. The summed E-state index contributed by atoms with van der Waals surface area (Å²) in [5.74, 6) is -0.584. The van der Waals surface area contributed by atoms with Crippen molar-refractivity contribution in [3.63, 3.8) is 0 Å². The molecule has 1 heterocycles. The molecule has 1 aliphatic rings. The summed E-state index contributed by atoms with van der Waals surface area (Å²) in [5.41, 5.74) is 1.36. The van der Waals surface area contributed by atoms with Gasteiger partial charge in [0.1, 0.15) is 11.6 Å². The predicted octanol–water partition coefficient (Wildman–Crippen LogP) is 2.15.